The van der Waals surface area contributed by atoms with Gasteiger partial charge in [-0.1, -0.05) is 31.2 Å². The van der Waals surface area contributed by atoms with Gasteiger partial charge in [-0.25, -0.2) is 4.39 Å². The zero-order chi connectivity index (χ0) is 15.2. The molecule has 1 atom stereocenters. The van der Waals surface area contributed by atoms with Gasteiger partial charge in [-0.15, -0.1) is 0 Å². The third-order valence-electron chi connectivity index (χ3n) is 3.37. The average molecular weight is 289 g/mol. The van der Waals surface area contributed by atoms with Crippen LogP contribution in [0.25, 0.3) is 0 Å². The second-order valence-corrected chi connectivity index (χ2v) is 4.81. The van der Waals surface area contributed by atoms with E-state index in [-0.39, 0.29) is 18.4 Å². The van der Waals surface area contributed by atoms with Gasteiger partial charge in [0.15, 0.2) is 11.6 Å². The van der Waals surface area contributed by atoms with Crippen molar-refractivity contribution in [3.05, 3.63) is 59.4 Å². The van der Waals surface area contributed by atoms with Gasteiger partial charge >= 0.3 is 0 Å². The summed E-state index contributed by atoms with van der Waals surface area (Å²) < 4.78 is 24.3. The number of methoxy groups -OCH3 is 1. The number of hydrogen-bond donors (Lipinski definition) is 1. The molecule has 4 heteroatoms. The SMILES string of the molecule is CC[C@H](N)c1ccccc1OCc1ccc(OC)c(F)c1. The molecular weight excluding hydrogens is 269 g/mol. The van der Waals surface area contributed by atoms with Crippen molar-refractivity contribution in [1.29, 1.82) is 0 Å². The second-order valence-electron chi connectivity index (χ2n) is 4.81. The molecule has 0 aromatic heterocycles. The van der Waals surface area contributed by atoms with Crippen molar-refractivity contribution in [2.45, 2.75) is 26.0 Å². The van der Waals surface area contributed by atoms with E-state index >= 15 is 0 Å². The Morgan fingerprint density at radius 2 is 1.90 bits per heavy atom. The first-order chi connectivity index (χ1) is 10.2. The lowest BCUT2D eigenvalue weighted by Gasteiger charge is -2.15. The van der Waals surface area contributed by atoms with Crippen LogP contribution in [0.2, 0.25) is 0 Å². The Morgan fingerprint density at radius 1 is 1.14 bits per heavy atom. The molecule has 3 nitrogen and oxygen atoms in total. The Morgan fingerprint density at radius 3 is 2.57 bits per heavy atom. The Bertz CT molecular complexity index is 601. The van der Waals surface area contributed by atoms with Crippen molar-refractivity contribution in [3.63, 3.8) is 0 Å². The van der Waals surface area contributed by atoms with Gasteiger partial charge in [0.2, 0.25) is 0 Å². The third-order valence-corrected chi connectivity index (χ3v) is 3.37. The number of rotatable bonds is 6. The molecule has 0 saturated heterocycles. The molecule has 0 fully saturated rings. The summed E-state index contributed by atoms with van der Waals surface area (Å²) in [5.41, 5.74) is 7.78. The lowest BCUT2D eigenvalue weighted by Crippen LogP contribution is -2.10. The predicted octanol–water partition coefficient (Wildman–Crippen LogP) is 3.82. The summed E-state index contributed by atoms with van der Waals surface area (Å²) in [6.45, 7) is 2.31. The van der Waals surface area contributed by atoms with E-state index < -0.39 is 5.82 Å². The first-order valence-corrected chi connectivity index (χ1v) is 6.95. The van der Waals surface area contributed by atoms with E-state index in [2.05, 4.69) is 0 Å². The molecule has 0 aliphatic heterocycles. The molecule has 112 valence electrons. The van der Waals surface area contributed by atoms with Crippen LogP contribution in [0.1, 0.15) is 30.5 Å². The number of benzene rings is 2. The van der Waals surface area contributed by atoms with Crippen LogP contribution in [0.5, 0.6) is 11.5 Å². The fraction of sp³-hybridized carbons (Fsp3) is 0.294. The fourth-order valence-corrected chi connectivity index (χ4v) is 2.10. The second kappa shape index (κ2) is 7.09. The molecule has 0 aliphatic rings. The summed E-state index contributed by atoms with van der Waals surface area (Å²) in [5, 5.41) is 0. The molecule has 0 saturated carbocycles. The van der Waals surface area contributed by atoms with Crippen LogP contribution >= 0.6 is 0 Å². The Labute approximate surface area is 124 Å². The van der Waals surface area contributed by atoms with E-state index in [0.29, 0.717) is 0 Å². The highest BCUT2D eigenvalue weighted by Gasteiger charge is 2.10. The number of ether oxygens (including phenoxy) is 2. The van der Waals surface area contributed by atoms with E-state index in [1.807, 2.05) is 31.2 Å². The molecule has 2 aromatic carbocycles. The Kier molecular flexibility index (Phi) is 5.17. The maximum absolute atomic E-state index is 13.6. The van der Waals surface area contributed by atoms with E-state index in [9.17, 15) is 4.39 Å². The summed E-state index contributed by atoms with van der Waals surface area (Å²) in [7, 11) is 1.44. The van der Waals surface area contributed by atoms with Gasteiger partial charge in [0.05, 0.1) is 7.11 Å². The van der Waals surface area contributed by atoms with Gasteiger partial charge in [0.25, 0.3) is 0 Å². The minimum absolute atomic E-state index is 0.0613. The maximum Gasteiger partial charge on any atom is 0.165 e. The van der Waals surface area contributed by atoms with Crippen molar-refractivity contribution in [2.24, 2.45) is 5.73 Å². The zero-order valence-corrected chi connectivity index (χ0v) is 12.3. The lowest BCUT2D eigenvalue weighted by atomic mass is 10.0. The van der Waals surface area contributed by atoms with Gasteiger partial charge in [-0.2, -0.15) is 0 Å². The van der Waals surface area contributed by atoms with Gasteiger partial charge in [0, 0.05) is 11.6 Å². The first kappa shape index (κ1) is 15.3. The molecule has 2 rings (SSSR count). The minimum atomic E-state index is -0.392. The molecule has 2 N–H and O–H groups in total. The van der Waals surface area contributed by atoms with Crippen molar-refractivity contribution in [2.75, 3.05) is 7.11 Å². The molecule has 0 spiro atoms. The van der Waals surface area contributed by atoms with Gasteiger partial charge < -0.3 is 15.2 Å². The van der Waals surface area contributed by atoms with E-state index in [1.54, 1.807) is 12.1 Å². The molecular formula is C17H20FNO2. The van der Waals surface area contributed by atoms with Crippen molar-refractivity contribution in [1.82, 2.24) is 0 Å². The third kappa shape index (κ3) is 3.73. The van der Waals surface area contributed by atoms with Gasteiger partial charge in [-0.3, -0.25) is 0 Å². The molecule has 0 aliphatic carbocycles. The standard InChI is InChI=1S/C17H20FNO2/c1-3-15(19)13-6-4-5-7-16(13)21-11-12-8-9-17(20-2)14(18)10-12/h4-10,15H,3,11,19H2,1-2H3/t15-/m0/s1. The largest absolute Gasteiger partial charge is 0.494 e. The normalized spacial score (nSPS) is 12.0. The van der Waals surface area contributed by atoms with Crippen LogP contribution < -0.4 is 15.2 Å². The van der Waals surface area contributed by atoms with Crippen molar-refractivity contribution >= 4 is 0 Å². The topological polar surface area (TPSA) is 44.5 Å². The summed E-state index contributed by atoms with van der Waals surface area (Å²) in [6.07, 6.45) is 0.831. The highest BCUT2D eigenvalue weighted by Crippen LogP contribution is 2.26. The van der Waals surface area contributed by atoms with Gasteiger partial charge in [-0.05, 0) is 30.2 Å². The number of para-hydroxylation sites is 1. The molecule has 0 amide bonds. The lowest BCUT2D eigenvalue weighted by molar-refractivity contribution is 0.299. The first-order valence-electron chi connectivity index (χ1n) is 6.95. The van der Waals surface area contributed by atoms with Crippen molar-refractivity contribution in [3.8, 4) is 11.5 Å². The smallest absolute Gasteiger partial charge is 0.165 e. The maximum atomic E-state index is 13.6. The van der Waals surface area contributed by atoms with Crippen LogP contribution in [0.15, 0.2) is 42.5 Å². The highest BCUT2D eigenvalue weighted by molar-refractivity contribution is 5.36. The summed E-state index contributed by atoms with van der Waals surface area (Å²) in [5.74, 6) is 0.576. The summed E-state index contributed by atoms with van der Waals surface area (Å²) in [6, 6.07) is 12.4. The van der Waals surface area contributed by atoms with E-state index in [4.69, 9.17) is 15.2 Å². The molecule has 0 unspecified atom stereocenters. The number of hydrogen-bond acceptors (Lipinski definition) is 3. The van der Waals surface area contributed by atoms with Crippen molar-refractivity contribution < 1.29 is 13.9 Å². The zero-order valence-electron chi connectivity index (χ0n) is 12.3. The number of nitrogens with two attached hydrogens (primary N) is 1. The molecule has 21 heavy (non-hydrogen) atoms. The van der Waals surface area contributed by atoms with Crippen LogP contribution in [0.3, 0.4) is 0 Å². The Hall–Kier alpha value is -2.07. The molecule has 2 aromatic rings. The van der Waals surface area contributed by atoms with Crippen LogP contribution in [0.4, 0.5) is 4.39 Å². The molecule has 0 bridgehead atoms. The summed E-state index contributed by atoms with van der Waals surface area (Å²) >= 11 is 0. The highest BCUT2D eigenvalue weighted by atomic mass is 19.1. The summed E-state index contributed by atoms with van der Waals surface area (Å²) in [4.78, 5) is 0. The van der Waals surface area contributed by atoms with Crippen LogP contribution in [-0.4, -0.2) is 7.11 Å². The van der Waals surface area contributed by atoms with E-state index in [0.717, 1.165) is 23.3 Å². The molecule has 0 radical (unpaired) electrons. The molecule has 0 heterocycles. The number of halogens is 1. The van der Waals surface area contributed by atoms with Crippen LogP contribution in [-0.2, 0) is 6.61 Å². The quantitative estimate of drug-likeness (QED) is 0.879. The van der Waals surface area contributed by atoms with Gasteiger partial charge in [0.1, 0.15) is 12.4 Å². The fourth-order valence-electron chi connectivity index (χ4n) is 2.10. The average Bonchev–Trinajstić information content (AvgIpc) is 2.52. The Balaban J connectivity index is 2.11. The van der Waals surface area contributed by atoms with Crippen LogP contribution in [0, 0.1) is 5.82 Å². The monoisotopic (exact) mass is 289 g/mol. The predicted molar refractivity (Wildman–Crippen MR) is 80.9 cm³/mol. The minimum Gasteiger partial charge on any atom is -0.494 e. The van der Waals surface area contributed by atoms with E-state index in [1.165, 1.54) is 13.2 Å².